The highest BCUT2D eigenvalue weighted by atomic mass is 35.7. The Morgan fingerprint density at radius 3 is 2.38 bits per heavy atom. The predicted octanol–water partition coefficient (Wildman–Crippen LogP) is 1.96. The molecule has 0 heterocycles. The first-order valence-electron chi connectivity index (χ1n) is 4.10. The second kappa shape index (κ2) is 4.39. The number of halogens is 2. The van der Waals surface area contributed by atoms with Gasteiger partial charge in [0.1, 0.15) is 4.90 Å². The summed E-state index contributed by atoms with van der Waals surface area (Å²) in [5, 5.41) is 0. The second-order valence-electron chi connectivity index (χ2n) is 2.98. The zero-order valence-corrected chi connectivity index (χ0v) is 10.0. The number of hydrogen-bond donors (Lipinski definition) is 0. The molecule has 0 N–H and O–H groups in total. The monoisotopic (exact) mass is 266 g/mol. The molecule has 16 heavy (non-hydrogen) atoms. The molecule has 7 heteroatoms. The smallest absolute Gasteiger partial charge is 0.265 e. The van der Waals surface area contributed by atoms with Gasteiger partial charge in [-0.2, -0.15) is 0 Å². The van der Waals surface area contributed by atoms with Crippen molar-refractivity contribution in [3.8, 4) is 5.75 Å². The fraction of sp³-hybridized carbons (Fsp3) is 0.222. The molecule has 0 bridgehead atoms. The third-order valence-corrected chi connectivity index (χ3v) is 3.21. The third kappa shape index (κ3) is 2.51. The molecule has 0 aliphatic heterocycles. The standard InChI is InChI=1S/C9H8ClFO4S/c1-5(12)6-3-7(11)9(15-2)8(4-6)16(10,13)14/h3-4H,1-2H3. The van der Waals surface area contributed by atoms with Crippen LogP contribution in [-0.2, 0) is 9.05 Å². The molecule has 4 nitrogen and oxygen atoms in total. The van der Waals surface area contributed by atoms with Crippen molar-refractivity contribution in [1.29, 1.82) is 0 Å². The van der Waals surface area contributed by atoms with Crippen LogP contribution in [0.15, 0.2) is 17.0 Å². The van der Waals surface area contributed by atoms with E-state index in [0.717, 1.165) is 19.2 Å². The second-order valence-corrected chi connectivity index (χ2v) is 5.52. The first-order valence-corrected chi connectivity index (χ1v) is 6.41. The Kier molecular flexibility index (Phi) is 3.54. The minimum atomic E-state index is -4.17. The van der Waals surface area contributed by atoms with Crippen molar-refractivity contribution in [2.75, 3.05) is 7.11 Å². The molecular weight excluding hydrogens is 259 g/mol. The Bertz CT molecular complexity index is 539. The number of ketones is 1. The molecule has 1 aromatic carbocycles. The lowest BCUT2D eigenvalue weighted by molar-refractivity contribution is 0.101. The van der Waals surface area contributed by atoms with Crippen LogP contribution in [0.2, 0.25) is 0 Å². The lowest BCUT2D eigenvalue weighted by Gasteiger charge is -2.08. The highest BCUT2D eigenvalue weighted by molar-refractivity contribution is 8.13. The maximum Gasteiger partial charge on any atom is 0.265 e. The minimum Gasteiger partial charge on any atom is -0.492 e. The normalized spacial score (nSPS) is 11.2. The molecule has 0 amide bonds. The molecule has 0 aromatic heterocycles. The van der Waals surface area contributed by atoms with Gasteiger partial charge in [0.15, 0.2) is 17.3 Å². The molecule has 0 aliphatic rings. The van der Waals surface area contributed by atoms with Gasteiger partial charge in [0.05, 0.1) is 7.11 Å². The fourth-order valence-corrected chi connectivity index (χ4v) is 2.16. The number of benzene rings is 1. The topological polar surface area (TPSA) is 60.4 Å². The van der Waals surface area contributed by atoms with Crippen molar-refractivity contribution in [3.05, 3.63) is 23.5 Å². The molecule has 0 aliphatic carbocycles. The van der Waals surface area contributed by atoms with E-state index < -0.39 is 31.3 Å². The molecule has 0 saturated heterocycles. The number of rotatable bonds is 3. The summed E-state index contributed by atoms with van der Waals surface area (Å²) in [5.41, 5.74) is -0.0856. The van der Waals surface area contributed by atoms with Gasteiger partial charge in [0.25, 0.3) is 9.05 Å². The van der Waals surface area contributed by atoms with Crippen LogP contribution < -0.4 is 4.74 Å². The zero-order valence-electron chi connectivity index (χ0n) is 8.45. The molecular formula is C9H8ClFO4S. The Labute approximate surface area is 96.4 Å². The molecule has 0 unspecified atom stereocenters. The van der Waals surface area contributed by atoms with E-state index in [-0.39, 0.29) is 5.56 Å². The summed E-state index contributed by atoms with van der Waals surface area (Å²) in [6, 6.07) is 1.87. The van der Waals surface area contributed by atoms with Gasteiger partial charge in [-0.1, -0.05) is 0 Å². The summed E-state index contributed by atoms with van der Waals surface area (Å²) < 4.78 is 40.3. The van der Waals surface area contributed by atoms with E-state index in [4.69, 9.17) is 10.7 Å². The van der Waals surface area contributed by atoms with Crippen molar-refractivity contribution in [2.24, 2.45) is 0 Å². The molecule has 88 valence electrons. The molecule has 0 saturated carbocycles. The summed E-state index contributed by atoms with van der Waals surface area (Å²) in [7, 11) is 2.04. The quantitative estimate of drug-likeness (QED) is 0.620. The van der Waals surface area contributed by atoms with Crippen LogP contribution in [0.4, 0.5) is 4.39 Å². The Morgan fingerprint density at radius 1 is 1.44 bits per heavy atom. The fourth-order valence-electron chi connectivity index (χ4n) is 1.15. The van der Waals surface area contributed by atoms with Crippen LogP contribution in [0.1, 0.15) is 17.3 Å². The van der Waals surface area contributed by atoms with Crippen molar-refractivity contribution < 1.29 is 22.3 Å². The molecule has 1 aromatic rings. The van der Waals surface area contributed by atoms with Crippen molar-refractivity contribution in [1.82, 2.24) is 0 Å². The summed E-state index contributed by atoms with van der Waals surface area (Å²) in [5.74, 6) is -1.92. The zero-order chi connectivity index (χ0) is 12.5. The van der Waals surface area contributed by atoms with E-state index in [1.54, 1.807) is 0 Å². The maximum atomic E-state index is 13.4. The lowest BCUT2D eigenvalue weighted by Crippen LogP contribution is -2.03. The van der Waals surface area contributed by atoms with Crippen LogP contribution in [-0.4, -0.2) is 21.3 Å². The number of carbonyl (C=O) groups is 1. The SMILES string of the molecule is COc1c(F)cc(C(C)=O)cc1S(=O)(=O)Cl. The van der Waals surface area contributed by atoms with E-state index in [0.29, 0.717) is 0 Å². The first-order chi connectivity index (χ1) is 7.27. The average molecular weight is 267 g/mol. The Balaban J connectivity index is 3.62. The van der Waals surface area contributed by atoms with Gasteiger partial charge in [0, 0.05) is 16.2 Å². The van der Waals surface area contributed by atoms with E-state index in [1.165, 1.54) is 6.92 Å². The van der Waals surface area contributed by atoms with Gasteiger partial charge in [-0.05, 0) is 19.1 Å². The summed E-state index contributed by atoms with van der Waals surface area (Å²) in [6.45, 7) is 1.19. The van der Waals surface area contributed by atoms with E-state index >= 15 is 0 Å². The van der Waals surface area contributed by atoms with Crippen LogP contribution >= 0.6 is 10.7 Å². The summed E-state index contributed by atoms with van der Waals surface area (Å²) >= 11 is 0. The Morgan fingerprint density at radius 2 is 2.00 bits per heavy atom. The predicted molar refractivity (Wildman–Crippen MR) is 56.0 cm³/mol. The van der Waals surface area contributed by atoms with Crippen molar-refractivity contribution >= 4 is 25.5 Å². The maximum absolute atomic E-state index is 13.4. The first kappa shape index (κ1) is 12.9. The van der Waals surface area contributed by atoms with Gasteiger partial charge < -0.3 is 4.74 Å². The molecule has 0 radical (unpaired) electrons. The largest absolute Gasteiger partial charge is 0.492 e. The third-order valence-electron chi connectivity index (χ3n) is 1.88. The van der Waals surface area contributed by atoms with Crippen LogP contribution in [0.5, 0.6) is 5.75 Å². The van der Waals surface area contributed by atoms with Crippen molar-refractivity contribution in [2.45, 2.75) is 11.8 Å². The van der Waals surface area contributed by atoms with Crippen LogP contribution in [0.3, 0.4) is 0 Å². The average Bonchev–Trinajstić information content (AvgIpc) is 2.14. The number of methoxy groups -OCH3 is 1. The van der Waals surface area contributed by atoms with E-state index in [9.17, 15) is 17.6 Å². The molecule has 0 atom stereocenters. The van der Waals surface area contributed by atoms with Crippen LogP contribution in [0, 0.1) is 5.82 Å². The van der Waals surface area contributed by atoms with Crippen LogP contribution in [0.25, 0.3) is 0 Å². The number of Topliss-reactive ketones (excluding diaryl/α,β-unsaturated/α-hetero) is 1. The van der Waals surface area contributed by atoms with E-state index in [1.807, 2.05) is 0 Å². The summed E-state index contributed by atoms with van der Waals surface area (Å²) in [4.78, 5) is 10.5. The van der Waals surface area contributed by atoms with Gasteiger partial charge >= 0.3 is 0 Å². The highest BCUT2D eigenvalue weighted by Crippen LogP contribution is 2.31. The molecule has 1 rings (SSSR count). The van der Waals surface area contributed by atoms with Gasteiger partial charge in [-0.3, -0.25) is 4.79 Å². The number of carbonyl (C=O) groups excluding carboxylic acids is 1. The number of hydrogen-bond acceptors (Lipinski definition) is 4. The molecule has 0 spiro atoms. The molecule has 0 fully saturated rings. The highest BCUT2D eigenvalue weighted by Gasteiger charge is 2.22. The minimum absolute atomic E-state index is 0.0856. The van der Waals surface area contributed by atoms with E-state index in [2.05, 4.69) is 4.74 Å². The summed E-state index contributed by atoms with van der Waals surface area (Å²) in [6.07, 6.45) is 0. The lowest BCUT2D eigenvalue weighted by atomic mass is 10.1. The van der Waals surface area contributed by atoms with Crippen molar-refractivity contribution in [3.63, 3.8) is 0 Å². The Hall–Kier alpha value is -1.14. The number of ether oxygens (including phenoxy) is 1. The van der Waals surface area contributed by atoms with Gasteiger partial charge in [0.2, 0.25) is 0 Å². The van der Waals surface area contributed by atoms with Gasteiger partial charge in [-0.25, -0.2) is 12.8 Å². The van der Waals surface area contributed by atoms with Gasteiger partial charge in [-0.15, -0.1) is 0 Å².